The quantitative estimate of drug-likeness (QED) is 0.352. The molecule has 0 fully saturated rings. The molecule has 2 aromatic heterocycles. The molecule has 0 atom stereocenters. The van der Waals surface area contributed by atoms with Gasteiger partial charge in [-0.3, -0.25) is 0 Å². The van der Waals surface area contributed by atoms with Crippen LogP contribution < -0.4 is 10.6 Å². The van der Waals surface area contributed by atoms with Crippen LogP contribution in [-0.4, -0.2) is 17.5 Å². The third kappa shape index (κ3) is 6.13. The number of guanidine groups is 1. The predicted molar refractivity (Wildman–Crippen MR) is 111 cm³/mol. The maximum absolute atomic E-state index is 4.62. The molecule has 0 aromatic carbocycles. The van der Waals surface area contributed by atoms with E-state index >= 15 is 0 Å². The molecule has 0 unspecified atom stereocenters. The number of thiophene rings is 1. The van der Waals surface area contributed by atoms with Gasteiger partial charge < -0.3 is 10.6 Å². The van der Waals surface area contributed by atoms with Crippen molar-refractivity contribution in [2.75, 3.05) is 6.54 Å². The van der Waals surface area contributed by atoms with E-state index in [1.807, 2.05) is 13.8 Å². The lowest BCUT2D eigenvalue weighted by molar-refractivity contribution is 0.820. The molecule has 0 saturated carbocycles. The van der Waals surface area contributed by atoms with Gasteiger partial charge in [-0.1, -0.05) is 0 Å². The molecule has 8 heteroatoms. The van der Waals surface area contributed by atoms with Gasteiger partial charge in [-0.15, -0.1) is 46.7 Å². The monoisotopic (exact) mass is 514 g/mol. The molecule has 0 amide bonds. The number of nitrogens with zero attached hydrogens (tertiary/aromatic N) is 2. The van der Waals surface area contributed by atoms with Crippen molar-refractivity contribution in [3.8, 4) is 0 Å². The van der Waals surface area contributed by atoms with Crippen molar-refractivity contribution >= 4 is 68.5 Å². The Hall–Kier alpha value is -0.190. The Labute approximate surface area is 165 Å². The molecule has 2 N–H and O–H groups in total. The zero-order valence-corrected chi connectivity index (χ0v) is 18.3. The smallest absolute Gasteiger partial charge is 0.191 e. The molecule has 0 spiro atoms. The Morgan fingerprint density at radius 2 is 2.05 bits per heavy atom. The number of hydrogen-bond acceptors (Lipinski definition) is 4. The van der Waals surface area contributed by atoms with Crippen LogP contribution in [0, 0.1) is 13.8 Å². The van der Waals surface area contributed by atoms with E-state index in [0.29, 0.717) is 6.54 Å². The fraction of sp³-hybridized carbons (Fsp3) is 0.429. The van der Waals surface area contributed by atoms with E-state index in [4.69, 9.17) is 0 Å². The van der Waals surface area contributed by atoms with E-state index in [1.165, 1.54) is 9.75 Å². The fourth-order valence-electron chi connectivity index (χ4n) is 1.84. The van der Waals surface area contributed by atoms with Crippen LogP contribution in [0.2, 0.25) is 0 Å². The zero-order valence-electron chi connectivity index (χ0n) is 12.8. The maximum Gasteiger partial charge on any atom is 0.191 e. The summed E-state index contributed by atoms with van der Waals surface area (Å²) in [6, 6.07) is 4.15. The van der Waals surface area contributed by atoms with E-state index in [-0.39, 0.29) is 24.0 Å². The summed E-state index contributed by atoms with van der Waals surface area (Å²) < 4.78 is 1.14. The zero-order chi connectivity index (χ0) is 15.2. The SMILES string of the molecule is CCNC(=NCc1ccc(Br)s1)NCc1sc(C)nc1C.I. The molecule has 2 heterocycles. The topological polar surface area (TPSA) is 49.3 Å². The molecule has 4 nitrogen and oxygen atoms in total. The van der Waals surface area contributed by atoms with E-state index in [9.17, 15) is 0 Å². The molecule has 0 aliphatic rings. The number of thiazole rings is 1. The first-order valence-corrected chi connectivity index (χ1v) is 9.20. The Balaban J connectivity index is 0.00000242. The summed E-state index contributed by atoms with van der Waals surface area (Å²) in [4.78, 5) is 11.6. The fourth-order valence-corrected chi connectivity index (χ4v) is 4.12. The lowest BCUT2D eigenvalue weighted by Gasteiger charge is -2.10. The number of nitrogens with one attached hydrogen (secondary N) is 2. The van der Waals surface area contributed by atoms with Crippen LogP contribution in [0.5, 0.6) is 0 Å². The first-order valence-electron chi connectivity index (χ1n) is 6.77. The first-order chi connectivity index (χ1) is 10.1. The summed E-state index contributed by atoms with van der Waals surface area (Å²) in [5.74, 6) is 0.840. The van der Waals surface area contributed by atoms with E-state index in [0.717, 1.165) is 33.5 Å². The molecule has 0 aliphatic heterocycles. The van der Waals surface area contributed by atoms with Crippen molar-refractivity contribution in [3.05, 3.63) is 36.4 Å². The van der Waals surface area contributed by atoms with Crippen LogP contribution in [-0.2, 0) is 13.1 Å². The van der Waals surface area contributed by atoms with Crippen LogP contribution >= 0.6 is 62.6 Å². The average molecular weight is 515 g/mol. The largest absolute Gasteiger partial charge is 0.357 e. The normalized spacial score (nSPS) is 11.2. The summed E-state index contributed by atoms with van der Waals surface area (Å²) in [6.07, 6.45) is 0. The highest BCUT2D eigenvalue weighted by Crippen LogP contribution is 2.22. The minimum atomic E-state index is 0. The van der Waals surface area contributed by atoms with Gasteiger partial charge in [0.2, 0.25) is 0 Å². The van der Waals surface area contributed by atoms with Gasteiger partial charge in [0.1, 0.15) is 0 Å². The van der Waals surface area contributed by atoms with Gasteiger partial charge in [-0.05, 0) is 48.8 Å². The van der Waals surface area contributed by atoms with Crippen LogP contribution in [0.1, 0.15) is 27.4 Å². The predicted octanol–water partition coefficient (Wildman–Crippen LogP) is 4.46. The summed E-state index contributed by atoms with van der Waals surface area (Å²) in [5.41, 5.74) is 1.10. The number of halogens is 2. The Morgan fingerprint density at radius 1 is 1.27 bits per heavy atom. The van der Waals surface area contributed by atoms with Crippen LogP contribution in [0.15, 0.2) is 20.9 Å². The summed E-state index contributed by atoms with van der Waals surface area (Å²) >= 11 is 6.92. The molecule has 0 aliphatic carbocycles. The summed E-state index contributed by atoms with van der Waals surface area (Å²) in [6.45, 7) is 8.45. The molecule has 0 saturated heterocycles. The van der Waals surface area contributed by atoms with Gasteiger partial charge in [-0.25, -0.2) is 9.98 Å². The van der Waals surface area contributed by atoms with Crippen molar-refractivity contribution in [1.82, 2.24) is 15.6 Å². The minimum absolute atomic E-state index is 0. The second-order valence-corrected chi connectivity index (χ2v) is 8.33. The second-order valence-electron chi connectivity index (χ2n) is 4.50. The van der Waals surface area contributed by atoms with Gasteiger partial charge >= 0.3 is 0 Å². The van der Waals surface area contributed by atoms with Gasteiger partial charge in [0.25, 0.3) is 0 Å². The molecule has 2 rings (SSSR count). The number of hydrogen-bond donors (Lipinski definition) is 2. The molecule has 0 radical (unpaired) electrons. The van der Waals surface area contributed by atoms with Crippen LogP contribution in [0.3, 0.4) is 0 Å². The summed E-state index contributed by atoms with van der Waals surface area (Å²) in [5, 5.41) is 7.75. The number of aliphatic imine (C=N–C) groups is 1. The number of rotatable bonds is 5. The van der Waals surface area contributed by atoms with Gasteiger partial charge in [0.05, 0.1) is 27.6 Å². The second kappa shape index (κ2) is 9.84. The van der Waals surface area contributed by atoms with Crippen molar-refractivity contribution in [3.63, 3.8) is 0 Å². The maximum atomic E-state index is 4.62. The third-order valence-electron chi connectivity index (χ3n) is 2.78. The van der Waals surface area contributed by atoms with Crippen molar-refractivity contribution in [2.45, 2.75) is 33.9 Å². The first kappa shape index (κ1) is 19.9. The van der Waals surface area contributed by atoms with Crippen molar-refractivity contribution in [2.24, 2.45) is 4.99 Å². The van der Waals surface area contributed by atoms with Gasteiger partial charge in [-0.2, -0.15) is 0 Å². The number of aromatic nitrogens is 1. The Kier molecular flexibility index (Phi) is 8.88. The number of aryl methyl sites for hydroxylation is 2. The van der Waals surface area contributed by atoms with Crippen LogP contribution in [0.25, 0.3) is 0 Å². The summed E-state index contributed by atoms with van der Waals surface area (Å²) in [7, 11) is 0. The van der Waals surface area contributed by atoms with E-state index < -0.39 is 0 Å². The van der Waals surface area contributed by atoms with Crippen LogP contribution in [0.4, 0.5) is 0 Å². The highest BCUT2D eigenvalue weighted by atomic mass is 127. The van der Waals surface area contributed by atoms with E-state index in [2.05, 4.69) is 55.6 Å². The lowest BCUT2D eigenvalue weighted by Crippen LogP contribution is -2.36. The molecule has 0 bridgehead atoms. The molecule has 2 aromatic rings. The Bertz CT molecular complexity index is 624. The standard InChI is InChI=1S/C14H19BrN4S2.HI/c1-4-16-14(17-7-11-5-6-13(15)21-11)18-8-12-9(2)19-10(3)20-12;/h5-6H,4,7-8H2,1-3H3,(H2,16,17,18);1H. The Morgan fingerprint density at radius 3 is 2.59 bits per heavy atom. The lowest BCUT2D eigenvalue weighted by atomic mass is 10.4. The molecule has 22 heavy (non-hydrogen) atoms. The molecular formula is C14H20BrIN4S2. The van der Waals surface area contributed by atoms with Crippen molar-refractivity contribution in [1.29, 1.82) is 0 Å². The van der Waals surface area contributed by atoms with Crippen molar-refractivity contribution < 1.29 is 0 Å². The minimum Gasteiger partial charge on any atom is -0.357 e. The van der Waals surface area contributed by atoms with Gasteiger partial charge in [0, 0.05) is 16.3 Å². The molecule has 122 valence electrons. The highest BCUT2D eigenvalue weighted by Gasteiger charge is 2.06. The highest BCUT2D eigenvalue weighted by molar-refractivity contribution is 14.0. The van der Waals surface area contributed by atoms with E-state index in [1.54, 1.807) is 22.7 Å². The molecular weight excluding hydrogens is 495 g/mol. The van der Waals surface area contributed by atoms with Gasteiger partial charge in [0.15, 0.2) is 5.96 Å². The third-order valence-corrected chi connectivity index (χ3v) is 5.46. The average Bonchev–Trinajstić information content (AvgIpc) is 2.99.